The molecule has 0 radical (unpaired) electrons. The van der Waals surface area contributed by atoms with E-state index in [0.29, 0.717) is 11.4 Å². The van der Waals surface area contributed by atoms with Crippen LogP contribution in [0.5, 0.6) is 5.75 Å². The Morgan fingerprint density at radius 2 is 1.29 bits per heavy atom. The van der Waals surface area contributed by atoms with Crippen LogP contribution in [0.2, 0.25) is 0 Å². The Hall–Kier alpha value is -6.26. The number of pyridine rings is 1. The van der Waals surface area contributed by atoms with Crippen molar-refractivity contribution in [1.82, 2.24) is 14.5 Å². The molecule has 1 N–H and O–H groups in total. The first-order valence-electron chi connectivity index (χ1n) is 21.1. The normalized spacial score (nSPS) is 12.8. The Bertz CT molecular complexity index is 2860. The minimum atomic E-state index is -0.870. The third kappa shape index (κ3) is 7.24. The Morgan fingerprint density at radius 3 is 1.97 bits per heavy atom. The largest absolute Gasteiger partial charge is 0.507 e. The van der Waals surface area contributed by atoms with E-state index in [4.69, 9.17) is 12.7 Å². The topological polar surface area (TPSA) is 50.9 Å². The molecule has 4 nitrogen and oxygen atoms in total. The summed E-state index contributed by atoms with van der Waals surface area (Å²) in [7, 11) is 0. The maximum Gasteiger partial charge on any atom is 0.149 e. The van der Waals surface area contributed by atoms with Crippen molar-refractivity contribution in [2.45, 2.75) is 79.5 Å². The van der Waals surface area contributed by atoms with Crippen molar-refractivity contribution in [1.29, 1.82) is 0 Å². The number of imidazole rings is 1. The molecule has 0 atom stereocenters. The van der Waals surface area contributed by atoms with Crippen LogP contribution in [0, 0.1) is 13.8 Å². The number of hydrogen-bond acceptors (Lipinski definition) is 3. The molecule has 0 saturated heterocycles. The number of benzene rings is 6. The molecule has 6 aromatic carbocycles. The van der Waals surface area contributed by atoms with Gasteiger partial charge >= 0.3 is 0 Å². The van der Waals surface area contributed by atoms with Gasteiger partial charge < -0.3 is 5.11 Å². The van der Waals surface area contributed by atoms with Gasteiger partial charge in [0.15, 0.2) is 0 Å². The van der Waals surface area contributed by atoms with Crippen molar-refractivity contribution in [3.05, 3.63) is 167 Å². The lowest BCUT2D eigenvalue weighted by Gasteiger charge is -2.22. The summed E-state index contributed by atoms with van der Waals surface area (Å²) in [5.74, 6) is -0.902. The summed E-state index contributed by atoms with van der Waals surface area (Å²) in [6.45, 7) is 18.3. The van der Waals surface area contributed by atoms with Crippen LogP contribution in [-0.4, -0.2) is 19.6 Å². The monoisotopic (exact) mass is 761 g/mol. The van der Waals surface area contributed by atoms with E-state index in [0.717, 1.165) is 83.6 Å². The van der Waals surface area contributed by atoms with Crippen LogP contribution in [0.25, 0.3) is 72.7 Å². The maximum absolute atomic E-state index is 11.7. The molecule has 0 fully saturated rings. The molecule has 0 aliphatic heterocycles. The van der Waals surface area contributed by atoms with Crippen molar-refractivity contribution in [3.63, 3.8) is 0 Å². The molecule has 8 rings (SSSR count). The van der Waals surface area contributed by atoms with Gasteiger partial charge in [0.25, 0.3) is 0 Å². The summed E-state index contributed by atoms with van der Waals surface area (Å²) in [6, 6.07) is 46.0. The van der Waals surface area contributed by atoms with Gasteiger partial charge in [-0.1, -0.05) is 133 Å². The summed E-state index contributed by atoms with van der Waals surface area (Å²) in [5, 5.41) is 11.7. The Balaban J connectivity index is 1.35. The van der Waals surface area contributed by atoms with Crippen LogP contribution < -0.4 is 0 Å². The van der Waals surface area contributed by atoms with Gasteiger partial charge in [-0.25, -0.2) is 4.98 Å². The quantitative estimate of drug-likeness (QED) is 0.168. The van der Waals surface area contributed by atoms with E-state index >= 15 is 0 Å². The zero-order valence-electron chi connectivity index (χ0n) is 37.1. The van der Waals surface area contributed by atoms with Gasteiger partial charge in [-0.3, -0.25) is 9.55 Å². The first kappa shape index (κ1) is 36.1. The van der Waals surface area contributed by atoms with Crippen molar-refractivity contribution in [2.75, 3.05) is 0 Å². The lowest BCUT2D eigenvalue weighted by molar-refractivity contribution is 0.472. The predicted octanol–water partition coefficient (Wildman–Crippen LogP) is 14.6. The fraction of sp³-hybridized carbons (Fsp3) is 0.222. The Labute approximate surface area is 346 Å². The highest BCUT2D eigenvalue weighted by Crippen LogP contribution is 2.42. The molecule has 0 unspecified atom stereocenters. The third-order valence-corrected chi connectivity index (χ3v) is 11.2. The van der Waals surface area contributed by atoms with Crippen LogP contribution >= 0.6 is 0 Å². The molecule has 0 saturated carbocycles. The lowest BCUT2D eigenvalue weighted by atomic mass is 9.83. The number of phenolic OH excluding ortho intramolecular Hbond substituents is 1. The van der Waals surface area contributed by atoms with E-state index in [1.165, 1.54) is 5.56 Å². The zero-order chi connectivity index (χ0) is 42.7. The summed E-state index contributed by atoms with van der Waals surface area (Å²) in [5.41, 5.74) is 15.9. The second-order valence-electron chi connectivity index (χ2n) is 17.0. The zero-order valence-corrected chi connectivity index (χ0v) is 35.1. The molecule has 8 aromatic rings. The van der Waals surface area contributed by atoms with Crippen molar-refractivity contribution in [3.8, 4) is 67.5 Å². The number of aromatic hydroxyl groups is 1. The molecule has 2 heterocycles. The van der Waals surface area contributed by atoms with Crippen LogP contribution in [-0.2, 0) is 5.41 Å². The van der Waals surface area contributed by atoms with Crippen LogP contribution in [0.15, 0.2) is 140 Å². The molecular formula is C54H53N3O. The van der Waals surface area contributed by atoms with E-state index in [2.05, 4.69) is 122 Å². The number of rotatable bonds is 8. The van der Waals surface area contributed by atoms with E-state index in [-0.39, 0.29) is 11.2 Å². The smallest absolute Gasteiger partial charge is 0.149 e. The minimum Gasteiger partial charge on any atom is -0.507 e. The second kappa shape index (κ2) is 15.2. The Morgan fingerprint density at radius 1 is 0.621 bits per heavy atom. The van der Waals surface area contributed by atoms with Crippen molar-refractivity contribution >= 4 is 11.0 Å². The maximum atomic E-state index is 11.7. The minimum absolute atomic E-state index is 0.143. The molecule has 0 bridgehead atoms. The highest BCUT2D eigenvalue weighted by molar-refractivity contribution is 5.97. The standard InChI is InChI=1S/C54H53N3O/c1-33(2)44-17-13-18-45(34(3)4)50(44)38-21-23-43(24-22-38)57-49-20-14-19-46(51(49)56-53(57)47-28-35(5)27-36(6)52(47)58)40-29-41(31-42(30-40)54(7,8)9)48-32-39(25-26-55-48)37-15-11-10-12-16-37/h10-34,58H,1-9H3/i33D,34D. The molecule has 4 heteroatoms. The molecule has 2 aromatic heterocycles. The number of hydrogen-bond donors (Lipinski definition) is 1. The number of phenols is 1. The van der Waals surface area contributed by atoms with E-state index in [1.54, 1.807) is 0 Å². The molecule has 58 heavy (non-hydrogen) atoms. The van der Waals surface area contributed by atoms with Gasteiger partial charge in [-0.2, -0.15) is 0 Å². The number of nitrogens with zero attached hydrogens (tertiary/aromatic N) is 3. The number of aryl methyl sites for hydroxylation is 2. The Kier molecular flexibility index (Phi) is 9.49. The summed E-state index contributed by atoms with van der Waals surface area (Å²) in [4.78, 5) is 10.3. The van der Waals surface area contributed by atoms with Gasteiger partial charge in [0.05, 0.1) is 22.3 Å². The van der Waals surface area contributed by atoms with E-state index in [1.807, 2.05) is 84.1 Å². The average molecular weight is 762 g/mol. The first-order chi connectivity index (χ1) is 28.4. The molecule has 0 aliphatic carbocycles. The van der Waals surface area contributed by atoms with Gasteiger partial charge in [0, 0.05) is 25.8 Å². The molecule has 290 valence electrons. The molecular weight excluding hydrogens is 707 g/mol. The molecule has 0 spiro atoms. The van der Waals surface area contributed by atoms with Gasteiger partial charge in [-0.15, -0.1) is 0 Å². The predicted molar refractivity (Wildman–Crippen MR) is 244 cm³/mol. The lowest BCUT2D eigenvalue weighted by Crippen LogP contribution is -2.11. The summed E-state index contributed by atoms with van der Waals surface area (Å²) < 4.78 is 20.2. The first-order valence-corrected chi connectivity index (χ1v) is 20.1. The highest BCUT2D eigenvalue weighted by atomic mass is 16.3. The number of fused-ring (bicyclic) bond motifs is 1. The summed E-state index contributed by atoms with van der Waals surface area (Å²) >= 11 is 0. The van der Waals surface area contributed by atoms with Crippen LogP contribution in [0.4, 0.5) is 0 Å². The SMILES string of the molecule is [2H]C(C)(C)c1cccc(C([2H])(C)C)c1-c1ccc(-n2c(-c3cc(C)cc(C)c3O)nc3c(-c4cc(-c5cc(-c6ccccc6)ccn5)cc(C(C)(C)C)c4)cccc32)cc1. The van der Waals surface area contributed by atoms with Gasteiger partial charge in [0.1, 0.15) is 11.6 Å². The van der Waals surface area contributed by atoms with Crippen LogP contribution in [0.1, 0.15) is 90.8 Å². The highest BCUT2D eigenvalue weighted by Gasteiger charge is 2.24. The second-order valence-corrected chi connectivity index (χ2v) is 17.0. The average Bonchev–Trinajstić information content (AvgIpc) is 3.61. The van der Waals surface area contributed by atoms with Gasteiger partial charge in [-0.05, 0) is 135 Å². The van der Waals surface area contributed by atoms with Crippen LogP contribution in [0.3, 0.4) is 0 Å². The summed E-state index contributed by atoms with van der Waals surface area (Å²) in [6.07, 6.45) is 1.89. The fourth-order valence-electron chi connectivity index (χ4n) is 8.14. The molecule has 0 aliphatic rings. The fourth-order valence-corrected chi connectivity index (χ4v) is 8.14. The van der Waals surface area contributed by atoms with E-state index < -0.39 is 11.8 Å². The molecule has 0 amide bonds. The third-order valence-electron chi connectivity index (χ3n) is 11.2. The van der Waals surface area contributed by atoms with Gasteiger partial charge in [0.2, 0.25) is 0 Å². The van der Waals surface area contributed by atoms with Crippen molar-refractivity contribution < 1.29 is 7.85 Å². The number of aromatic nitrogens is 3. The number of para-hydroxylation sites is 1. The van der Waals surface area contributed by atoms with E-state index in [9.17, 15) is 5.11 Å². The van der Waals surface area contributed by atoms with Crippen molar-refractivity contribution in [2.24, 2.45) is 0 Å².